The van der Waals surface area contributed by atoms with E-state index >= 15 is 0 Å². The van der Waals surface area contributed by atoms with Crippen LogP contribution in [-0.4, -0.2) is 11.2 Å². The zero-order valence-electron chi connectivity index (χ0n) is 14.8. The van der Waals surface area contributed by atoms with Crippen LogP contribution < -0.4 is 11.1 Å². The molecule has 0 saturated carbocycles. The van der Waals surface area contributed by atoms with Crippen LogP contribution in [0.2, 0.25) is 0 Å². The van der Waals surface area contributed by atoms with E-state index in [0.717, 1.165) is 22.6 Å². The summed E-state index contributed by atoms with van der Waals surface area (Å²) in [6.07, 6.45) is 0. The summed E-state index contributed by atoms with van der Waals surface area (Å²) in [6, 6.07) is 15.5. The van der Waals surface area contributed by atoms with Gasteiger partial charge >= 0.3 is 0 Å². The lowest BCUT2D eigenvalue weighted by atomic mass is 9.92. The van der Waals surface area contributed by atoms with Crippen molar-refractivity contribution in [3.05, 3.63) is 65.2 Å². The number of thioether (sulfide) groups is 1. The van der Waals surface area contributed by atoms with Gasteiger partial charge in [-0.15, -0.1) is 0 Å². The summed E-state index contributed by atoms with van der Waals surface area (Å²) in [5.41, 5.74) is 9.19. The maximum Gasteiger partial charge on any atom is 0.248 e. The van der Waals surface area contributed by atoms with Gasteiger partial charge in [-0.1, -0.05) is 56.3 Å². The Labute approximate surface area is 149 Å². The van der Waals surface area contributed by atoms with Crippen molar-refractivity contribution in [2.45, 2.75) is 44.2 Å². The molecule has 0 aliphatic heterocycles. The molecule has 0 aliphatic rings. The molecule has 0 aromatic heterocycles. The summed E-state index contributed by atoms with van der Waals surface area (Å²) in [5.74, 6) is 0.733. The summed E-state index contributed by atoms with van der Waals surface area (Å²) >= 11 is 1.89. The summed E-state index contributed by atoms with van der Waals surface area (Å²) in [7, 11) is 0. The summed E-state index contributed by atoms with van der Waals surface area (Å²) in [5, 5.41) is 3.58. The molecule has 0 fully saturated rings. The van der Waals surface area contributed by atoms with Crippen molar-refractivity contribution in [2.75, 3.05) is 5.32 Å². The molecule has 2 rings (SSSR count). The van der Waals surface area contributed by atoms with Crippen LogP contribution in [-0.2, 0) is 16.1 Å². The molecule has 0 radical (unpaired) electrons. The van der Waals surface area contributed by atoms with Crippen LogP contribution >= 0.6 is 11.8 Å². The first-order valence-electron chi connectivity index (χ1n) is 8.18. The average Bonchev–Trinajstić information content (AvgIpc) is 2.56. The number of amides is 1. The molecule has 2 aromatic carbocycles. The lowest BCUT2D eigenvalue weighted by molar-refractivity contribution is -0.120. The fraction of sp³-hybridized carbons (Fsp3) is 0.350. The van der Waals surface area contributed by atoms with Gasteiger partial charge in [-0.3, -0.25) is 4.79 Å². The number of hydrogen-bond acceptors (Lipinski definition) is 3. The van der Waals surface area contributed by atoms with Crippen LogP contribution in [0.5, 0.6) is 0 Å². The van der Waals surface area contributed by atoms with Crippen molar-refractivity contribution in [1.82, 2.24) is 0 Å². The molecule has 3 nitrogen and oxygen atoms in total. The number of nitrogens with two attached hydrogens (primary N) is 1. The highest BCUT2D eigenvalue weighted by molar-refractivity contribution is 7.99. The summed E-state index contributed by atoms with van der Waals surface area (Å²) in [4.78, 5) is 12.7. The third-order valence-corrected chi connectivity index (χ3v) is 5.26. The van der Waals surface area contributed by atoms with E-state index in [1.165, 1.54) is 5.56 Å². The Bertz CT molecular complexity index is 696. The molecule has 128 valence electrons. The third-order valence-electron chi connectivity index (χ3n) is 4.11. The van der Waals surface area contributed by atoms with E-state index in [9.17, 15) is 4.79 Å². The predicted molar refractivity (Wildman–Crippen MR) is 104 cm³/mol. The van der Waals surface area contributed by atoms with Crippen molar-refractivity contribution < 1.29 is 4.79 Å². The first kappa shape index (κ1) is 18.6. The van der Waals surface area contributed by atoms with Crippen LogP contribution in [0.3, 0.4) is 0 Å². The van der Waals surface area contributed by atoms with E-state index in [-0.39, 0.29) is 5.91 Å². The number of carbonyl (C=O) groups is 1. The third kappa shape index (κ3) is 4.40. The molecule has 0 saturated heterocycles. The van der Waals surface area contributed by atoms with Gasteiger partial charge in [0.1, 0.15) is 5.54 Å². The number of carbonyl (C=O) groups excluding carboxylic acids is 1. The fourth-order valence-electron chi connectivity index (χ4n) is 2.40. The standard InChI is InChI=1S/C20H26N2OS/c1-14(2)24-13-16-9-8-12-18(15(16)3)22-19(23)20(4,21)17-10-6-5-7-11-17/h5-12,14H,13,21H2,1-4H3,(H,22,23). The van der Waals surface area contributed by atoms with Gasteiger partial charge in [-0.25, -0.2) is 0 Å². The van der Waals surface area contributed by atoms with Gasteiger partial charge in [0.15, 0.2) is 0 Å². The molecule has 1 unspecified atom stereocenters. The van der Waals surface area contributed by atoms with Crippen molar-refractivity contribution in [3.8, 4) is 0 Å². The van der Waals surface area contributed by atoms with E-state index in [0.29, 0.717) is 5.25 Å². The molecule has 4 heteroatoms. The van der Waals surface area contributed by atoms with Crippen LogP contribution in [0.15, 0.2) is 48.5 Å². The highest BCUT2D eigenvalue weighted by Gasteiger charge is 2.30. The normalized spacial score (nSPS) is 13.6. The van der Waals surface area contributed by atoms with Crippen LogP contribution in [0, 0.1) is 6.92 Å². The topological polar surface area (TPSA) is 55.1 Å². The maximum atomic E-state index is 12.7. The Hall–Kier alpha value is -1.78. The highest BCUT2D eigenvalue weighted by Crippen LogP contribution is 2.26. The van der Waals surface area contributed by atoms with Gasteiger partial charge in [-0.2, -0.15) is 11.8 Å². The SMILES string of the molecule is Cc1c(CSC(C)C)cccc1NC(=O)C(C)(N)c1ccccc1. The second-order valence-electron chi connectivity index (χ2n) is 6.47. The quantitative estimate of drug-likeness (QED) is 0.815. The summed E-state index contributed by atoms with van der Waals surface area (Å²) in [6.45, 7) is 8.16. The molecular formula is C20H26N2OS. The minimum Gasteiger partial charge on any atom is -0.324 e. The second kappa shape index (κ2) is 7.86. The van der Waals surface area contributed by atoms with Gasteiger partial charge in [0, 0.05) is 11.4 Å². The fourth-order valence-corrected chi connectivity index (χ4v) is 3.22. The van der Waals surface area contributed by atoms with Gasteiger partial charge in [0.05, 0.1) is 0 Å². The predicted octanol–water partition coefficient (Wildman–Crippen LogP) is 4.45. The Kier molecular flexibility index (Phi) is 6.08. The largest absolute Gasteiger partial charge is 0.324 e. The first-order chi connectivity index (χ1) is 11.3. The molecular weight excluding hydrogens is 316 g/mol. The Morgan fingerprint density at radius 2 is 1.83 bits per heavy atom. The minimum absolute atomic E-state index is 0.203. The van der Waals surface area contributed by atoms with E-state index in [4.69, 9.17) is 5.73 Å². The Balaban J connectivity index is 2.18. The van der Waals surface area contributed by atoms with Crippen LogP contribution in [0.1, 0.15) is 37.5 Å². The number of rotatable bonds is 6. The van der Waals surface area contributed by atoms with E-state index in [1.807, 2.05) is 61.2 Å². The van der Waals surface area contributed by atoms with Crippen molar-refractivity contribution in [3.63, 3.8) is 0 Å². The lowest BCUT2D eigenvalue weighted by Gasteiger charge is -2.25. The van der Waals surface area contributed by atoms with Gasteiger partial charge < -0.3 is 11.1 Å². The molecule has 1 atom stereocenters. The van der Waals surface area contributed by atoms with Gasteiger partial charge in [0.2, 0.25) is 5.91 Å². The molecule has 0 bridgehead atoms. The molecule has 0 heterocycles. The lowest BCUT2D eigenvalue weighted by Crippen LogP contribution is -2.45. The van der Waals surface area contributed by atoms with Crippen LogP contribution in [0.4, 0.5) is 5.69 Å². The monoisotopic (exact) mass is 342 g/mol. The smallest absolute Gasteiger partial charge is 0.248 e. The Morgan fingerprint density at radius 1 is 1.17 bits per heavy atom. The van der Waals surface area contributed by atoms with Gasteiger partial charge in [-0.05, 0) is 41.9 Å². The van der Waals surface area contributed by atoms with Crippen molar-refractivity contribution >= 4 is 23.4 Å². The maximum absolute atomic E-state index is 12.7. The molecule has 24 heavy (non-hydrogen) atoms. The molecule has 3 N–H and O–H groups in total. The molecule has 2 aromatic rings. The molecule has 1 amide bonds. The zero-order chi connectivity index (χ0) is 17.7. The number of nitrogens with one attached hydrogen (secondary N) is 1. The van der Waals surface area contributed by atoms with E-state index < -0.39 is 5.54 Å². The zero-order valence-corrected chi connectivity index (χ0v) is 15.6. The second-order valence-corrected chi connectivity index (χ2v) is 8.04. The van der Waals surface area contributed by atoms with Crippen molar-refractivity contribution in [2.24, 2.45) is 5.73 Å². The summed E-state index contributed by atoms with van der Waals surface area (Å²) < 4.78 is 0. The minimum atomic E-state index is -1.07. The number of hydrogen-bond donors (Lipinski definition) is 2. The van der Waals surface area contributed by atoms with E-state index in [2.05, 4.69) is 25.2 Å². The molecule has 0 aliphatic carbocycles. The number of anilines is 1. The number of benzene rings is 2. The van der Waals surface area contributed by atoms with Crippen molar-refractivity contribution in [1.29, 1.82) is 0 Å². The van der Waals surface area contributed by atoms with Gasteiger partial charge in [0.25, 0.3) is 0 Å². The van der Waals surface area contributed by atoms with E-state index in [1.54, 1.807) is 6.92 Å². The first-order valence-corrected chi connectivity index (χ1v) is 9.23. The Morgan fingerprint density at radius 3 is 2.46 bits per heavy atom. The highest BCUT2D eigenvalue weighted by atomic mass is 32.2. The molecule has 0 spiro atoms. The van der Waals surface area contributed by atoms with Crippen LogP contribution in [0.25, 0.3) is 0 Å². The average molecular weight is 343 g/mol.